The molecule has 6 heteroatoms. The van der Waals surface area contributed by atoms with Crippen LogP contribution in [0.4, 0.5) is 0 Å². The molecule has 1 aliphatic rings. The summed E-state index contributed by atoms with van der Waals surface area (Å²) in [7, 11) is 0. The molecule has 1 aromatic carbocycles. The highest BCUT2D eigenvalue weighted by Gasteiger charge is 2.20. The predicted molar refractivity (Wildman–Crippen MR) is 111 cm³/mol. The SMILES string of the molecule is c1ccc(-c2ncc(CN3CCc4nc(-c5cccs5)ncc4C3)s2)cc1. The zero-order valence-corrected chi connectivity index (χ0v) is 16.3. The van der Waals surface area contributed by atoms with Crippen molar-refractivity contribution in [3.63, 3.8) is 0 Å². The van der Waals surface area contributed by atoms with Gasteiger partial charge >= 0.3 is 0 Å². The molecule has 4 aromatic rings. The Morgan fingerprint density at radius 3 is 2.78 bits per heavy atom. The van der Waals surface area contributed by atoms with Crippen LogP contribution < -0.4 is 0 Å². The van der Waals surface area contributed by atoms with E-state index in [1.54, 1.807) is 22.7 Å². The third kappa shape index (κ3) is 3.56. The molecule has 27 heavy (non-hydrogen) atoms. The molecule has 0 amide bonds. The molecule has 0 unspecified atom stereocenters. The Morgan fingerprint density at radius 1 is 1.00 bits per heavy atom. The van der Waals surface area contributed by atoms with E-state index in [9.17, 15) is 0 Å². The van der Waals surface area contributed by atoms with Crippen LogP contribution in [-0.4, -0.2) is 26.4 Å². The van der Waals surface area contributed by atoms with E-state index < -0.39 is 0 Å². The molecule has 0 spiro atoms. The molecule has 4 heterocycles. The molecule has 0 fully saturated rings. The average molecular weight is 391 g/mol. The van der Waals surface area contributed by atoms with Crippen LogP contribution in [0, 0.1) is 0 Å². The molecule has 3 aromatic heterocycles. The van der Waals surface area contributed by atoms with Crippen LogP contribution in [0.25, 0.3) is 21.3 Å². The number of fused-ring (bicyclic) bond motifs is 1. The first-order chi connectivity index (χ1) is 13.3. The molecule has 0 N–H and O–H groups in total. The van der Waals surface area contributed by atoms with Gasteiger partial charge in [0.25, 0.3) is 0 Å². The van der Waals surface area contributed by atoms with E-state index in [1.165, 1.54) is 21.7 Å². The average Bonchev–Trinajstić information content (AvgIpc) is 3.41. The van der Waals surface area contributed by atoms with Gasteiger partial charge in [-0.25, -0.2) is 15.0 Å². The largest absolute Gasteiger partial charge is 0.293 e. The maximum absolute atomic E-state index is 4.80. The first-order valence-electron chi connectivity index (χ1n) is 8.96. The Hall–Kier alpha value is -2.41. The van der Waals surface area contributed by atoms with Crippen molar-refractivity contribution < 1.29 is 0 Å². The van der Waals surface area contributed by atoms with Crippen molar-refractivity contribution in [2.24, 2.45) is 0 Å². The van der Waals surface area contributed by atoms with Crippen molar-refractivity contribution in [1.29, 1.82) is 0 Å². The minimum absolute atomic E-state index is 0.854. The minimum Gasteiger partial charge on any atom is -0.293 e. The van der Waals surface area contributed by atoms with Gasteiger partial charge < -0.3 is 0 Å². The lowest BCUT2D eigenvalue weighted by atomic mass is 10.1. The fourth-order valence-corrected chi connectivity index (χ4v) is 4.97. The van der Waals surface area contributed by atoms with Gasteiger partial charge in [-0.2, -0.15) is 0 Å². The highest BCUT2D eigenvalue weighted by atomic mass is 32.1. The van der Waals surface area contributed by atoms with Crippen LogP contribution in [0.3, 0.4) is 0 Å². The van der Waals surface area contributed by atoms with Gasteiger partial charge in [0.1, 0.15) is 5.01 Å². The Labute approximate surface area is 166 Å². The molecular formula is C21H18N4S2. The van der Waals surface area contributed by atoms with Gasteiger partial charge in [0.2, 0.25) is 0 Å². The van der Waals surface area contributed by atoms with E-state index >= 15 is 0 Å². The Balaban J connectivity index is 1.30. The number of hydrogen-bond acceptors (Lipinski definition) is 6. The van der Waals surface area contributed by atoms with E-state index in [1.807, 2.05) is 24.5 Å². The van der Waals surface area contributed by atoms with Crippen LogP contribution in [0.1, 0.15) is 16.1 Å². The lowest BCUT2D eigenvalue weighted by Gasteiger charge is -2.27. The van der Waals surface area contributed by atoms with Crippen LogP contribution in [0.5, 0.6) is 0 Å². The summed E-state index contributed by atoms with van der Waals surface area (Å²) < 4.78 is 0. The van der Waals surface area contributed by atoms with E-state index in [4.69, 9.17) is 4.98 Å². The molecule has 1 aliphatic heterocycles. The van der Waals surface area contributed by atoms with Crippen molar-refractivity contribution in [3.8, 4) is 21.3 Å². The van der Waals surface area contributed by atoms with E-state index in [0.29, 0.717) is 0 Å². The first-order valence-corrected chi connectivity index (χ1v) is 10.7. The molecule has 134 valence electrons. The molecule has 0 aliphatic carbocycles. The van der Waals surface area contributed by atoms with Crippen LogP contribution >= 0.6 is 22.7 Å². The van der Waals surface area contributed by atoms with Crippen LogP contribution in [-0.2, 0) is 19.5 Å². The van der Waals surface area contributed by atoms with Gasteiger partial charge in [0.05, 0.1) is 10.6 Å². The fourth-order valence-electron chi connectivity index (χ4n) is 3.35. The highest BCUT2D eigenvalue weighted by molar-refractivity contribution is 7.15. The summed E-state index contributed by atoms with van der Waals surface area (Å²) in [6, 6.07) is 14.5. The Bertz CT molecular complexity index is 1040. The maximum atomic E-state index is 4.80. The minimum atomic E-state index is 0.854. The van der Waals surface area contributed by atoms with Crippen molar-refractivity contribution in [2.45, 2.75) is 19.5 Å². The van der Waals surface area contributed by atoms with Gasteiger partial charge in [-0.3, -0.25) is 4.90 Å². The van der Waals surface area contributed by atoms with E-state index in [0.717, 1.165) is 41.8 Å². The summed E-state index contributed by atoms with van der Waals surface area (Å²) >= 11 is 3.47. The number of rotatable bonds is 4. The molecule has 0 radical (unpaired) electrons. The zero-order chi connectivity index (χ0) is 18.1. The smallest absolute Gasteiger partial charge is 0.169 e. The highest BCUT2D eigenvalue weighted by Crippen LogP contribution is 2.28. The van der Waals surface area contributed by atoms with Crippen molar-refractivity contribution in [1.82, 2.24) is 19.9 Å². The molecular weight excluding hydrogens is 372 g/mol. The number of hydrogen-bond donors (Lipinski definition) is 0. The van der Waals surface area contributed by atoms with E-state index in [-0.39, 0.29) is 0 Å². The summed E-state index contributed by atoms with van der Waals surface area (Å²) in [6.07, 6.45) is 4.99. The number of aromatic nitrogens is 3. The summed E-state index contributed by atoms with van der Waals surface area (Å²) in [6.45, 7) is 2.85. The monoisotopic (exact) mass is 390 g/mol. The third-order valence-corrected chi connectivity index (χ3v) is 6.61. The second-order valence-electron chi connectivity index (χ2n) is 6.60. The summed E-state index contributed by atoms with van der Waals surface area (Å²) in [5.74, 6) is 0.854. The second-order valence-corrected chi connectivity index (χ2v) is 8.66. The molecule has 5 rings (SSSR count). The van der Waals surface area contributed by atoms with Gasteiger partial charge in [-0.05, 0) is 11.4 Å². The molecule has 0 saturated carbocycles. The summed E-state index contributed by atoms with van der Waals surface area (Å²) in [5.41, 5.74) is 3.63. The van der Waals surface area contributed by atoms with Gasteiger partial charge in [-0.15, -0.1) is 22.7 Å². The quantitative estimate of drug-likeness (QED) is 0.498. The van der Waals surface area contributed by atoms with Crippen molar-refractivity contribution in [3.05, 3.63) is 76.4 Å². The number of thiophene rings is 1. The normalized spacial score (nSPS) is 14.2. The zero-order valence-electron chi connectivity index (χ0n) is 14.7. The van der Waals surface area contributed by atoms with E-state index in [2.05, 4.69) is 50.6 Å². The first kappa shape index (κ1) is 16.7. The second kappa shape index (κ2) is 7.31. The topological polar surface area (TPSA) is 41.9 Å². The lowest BCUT2D eigenvalue weighted by molar-refractivity contribution is 0.245. The molecule has 4 nitrogen and oxygen atoms in total. The molecule has 0 atom stereocenters. The fraction of sp³-hybridized carbons (Fsp3) is 0.190. The van der Waals surface area contributed by atoms with Crippen LogP contribution in [0.15, 0.2) is 60.2 Å². The maximum Gasteiger partial charge on any atom is 0.169 e. The number of nitrogens with zero attached hydrogens (tertiary/aromatic N) is 4. The van der Waals surface area contributed by atoms with Crippen molar-refractivity contribution in [2.75, 3.05) is 6.54 Å². The van der Waals surface area contributed by atoms with Gasteiger partial charge in [0.15, 0.2) is 5.82 Å². The van der Waals surface area contributed by atoms with Gasteiger partial charge in [-0.1, -0.05) is 36.4 Å². The third-order valence-electron chi connectivity index (χ3n) is 4.71. The summed E-state index contributed by atoms with van der Waals surface area (Å²) in [5, 5.41) is 3.16. The summed E-state index contributed by atoms with van der Waals surface area (Å²) in [4.78, 5) is 18.9. The Morgan fingerprint density at radius 2 is 1.93 bits per heavy atom. The Kier molecular flexibility index (Phi) is 4.53. The molecule has 0 saturated heterocycles. The van der Waals surface area contributed by atoms with Gasteiger partial charge in [0, 0.05) is 54.5 Å². The molecule has 0 bridgehead atoms. The van der Waals surface area contributed by atoms with Crippen LogP contribution in [0.2, 0.25) is 0 Å². The standard InChI is InChI=1S/C21H18N4S2/c1-2-5-15(6-3-1)21-23-12-17(27-21)14-25-9-8-18-16(13-25)11-22-20(24-18)19-7-4-10-26-19/h1-7,10-12H,8-9,13-14H2. The predicted octanol–water partition coefficient (Wildman–Crippen LogP) is 4.89. The van der Waals surface area contributed by atoms with Crippen molar-refractivity contribution >= 4 is 22.7 Å². The number of thiazole rings is 1. The number of benzene rings is 1. The lowest BCUT2D eigenvalue weighted by Crippen LogP contribution is -2.30.